The number of hydrogen-bond donors (Lipinski definition) is 2. The highest BCUT2D eigenvalue weighted by atomic mass is 16.6. The van der Waals surface area contributed by atoms with Gasteiger partial charge in [-0.15, -0.1) is 0 Å². The molecule has 0 radical (unpaired) electrons. The van der Waals surface area contributed by atoms with E-state index in [1.807, 2.05) is 0 Å². The Kier molecular flexibility index (Phi) is 6.23. The lowest BCUT2D eigenvalue weighted by Gasteiger charge is -2.57. The molecule has 5 fully saturated rings. The fourth-order valence-corrected chi connectivity index (χ4v) is 6.83. The zero-order valence-electron chi connectivity index (χ0n) is 19.4. The second-order valence-electron chi connectivity index (χ2n) is 11.5. The van der Waals surface area contributed by atoms with E-state index in [2.05, 4.69) is 15.5 Å². The molecule has 0 aromatic carbocycles. The van der Waals surface area contributed by atoms with Crippen LogP contribution >= 0.6 is 0 Å². The summed E-state index contributed by atoms with van der Waals surface area (Å²) in [5.74, 6) is 2.67. The maximum Gasteiger partial charge on any atom is 0.407 e. The fraction of sp³-hybridized carbons (Fsp3) is 0.875. The second kappa shape index (κ2) is 8.62. The van der Waals surface area contributed by atoms with Crippen molar-refractivity contribution < 1.29 is 19.1 Å². The van der Waals surface area contributed by atoms with Gasteiger partial charge in [-0.1, -0.05) is 0 Å². The van der Waals surface area contributed by atoms with E-state index < -0.39 is 11.7 Å². The number of nitrogens with zero attached hydrogens (tertiary/aromatic N) is 1. The van der Waals surface area contributed by atoms with Crippen molar-refractivity contribution in [1.29, 1.82) is 0 Å². The van der Waals surface area contributed by atoms with E-state index in [-0.39, 0.29) is 30.3 Å². The van der Waals surface area contributed by atoms with Crippen LogP contribution in [-0.2, 0) is 14.3 Å². The molecule has 7 nitrogen and oxygen atoms in total. The maximum atomic E-state index is 13.5. The molecule has 2 N–H and O–H groups in total. The van der Waals surface area contributed by atoms with Crippen molar-refractivity contribution in [2.75, 3.05) is 19.6 Å². The molecule has 4 bridgehead atoms. The van der Waals surface area contributed by atoms with Crippen molar-refractivity contribution in [2.45, 2.75) is 90.2 Å². The monoisotopic (exact) mass is 433 g/mol. The smallest absolute Gasteiger partial charge is 0.407 e. The maximum absolute atomic E-state index is 13.5. The van der Waals surface area contributed by atoms with Crippen LogP contribution in [0.25, 0.3) is 0 Å². The number of ether oxygens (including phenoxy) is 1. The molecule has 1 saturated heterocycles. The number of rotatable bonds is 5. The van der Waals surface area contributed by atoms with E-state index in [1.54, 1.807) is 20.8 Å². The molecule has 5 aliphatic rings. The largest absolute Gasteiger partial charge is 0.444 e. The minimum absolute atomic E-state index is 0.0677. The van der Waals surface area contributed by atoms with Gasteiger partial charge in [-0.2, -0.15) is 0 Å². The van der Waals surface area contributed by atoms with Gasteiger partial charge in [0.1, 0.15) is 5.60 Å². The van der Waals surface area contributed by atoms with Gasteiger partial charge in [0.2, 0.25) is 11.8 Å². The lowest BCUT2D eigenvalue weighted by Crippen LogP contribution is -2.56. The molecule has 0 aromatic heterocycles. The van der Waals surface area contributed by atoms with Crippen LogP contribution in [0.2, 0.25) is 0 Å². The summed E-state index contributed by atoms with van der Waals surface area (Å²) in [6.45, 7) is 7.15. The van der Waals surface area contributed by atoms with Gasteiger partial charge in [0, 0.05) is 32.1 Å². The first-order valence-corrected chi connectivity index (χ1v) is 12.2. The number of likely N-dealkylation sites (tertiary alicyclic amines) is 1. The molecular weight excluding hydrogens is 394 g/mol. The minimum atomic E-state index is -0.548. The number of nitrogens with one attached hydrogen (secondary N) is 2. The molecule has 7 heteroatoms. The van der Waals surface area contributed by atoms with Crippen molar-refractivity contribution in [1.82, 2.24) is 15.5 Å². The Morgan fingerprint density at radius 1 is 0.968 bits per heavy atom. The molecule has 0 unspecified atom stereocenters. The number of hydrogen-bond acceptors (Lipinski definition) is 4. The topological polar surface area (TPSA) is 87.7 Å². The Hall–Kier alpha value is -1.79. The molecule has 3 amide bonds. The Bertz CT molecular complexity index is 671. The van der Waals surface area contributed by atoms with Crippen LogP contribution < -0.4 is 10.6 Å². The zero-order valence-corrected chi connectivity index (χ0v) is 19.4. The summed E-state index contributed by atoms with van der Waals surface area (Å²) in [5, 5.41) is 5.68. The van der Waals surface area contributed by atoms with Gasteiger partial charge in [0.25, 0.3) is 0 Å². The average molecular weight is 434 g/mol. The lowest BCUT2D eigenvalue weighted by atomic mass is 9.49. The molecule has 1 aliphatic heterocycles. The molecule has 4 saturated carbocycles. The average Bonchev–Trinajstić information content (AvgIpc) is 2.65. The van der Waals surface area contributed by atoms with Gasteiger partial charge in [0.05, 0.1) is 5.41 Å². The van der Waals surface area contributed by atoms with E-state index in [9.17, 15) is 14.4 Å². The number of piperidine rings is 1. The Morgan fingerprint density at radius 2 is 1.52 bits per heavy atom. The molecular formula is C24H39N3O4. The second-order valence-corrected chi connectivity index (χ2v) is 11.5. The third-order valence-corrected chi connectivity index (χ3v) is 7.66. The lowest BCUT2D eigenvalue weighted by molar-refractivity contribution is -0.158. The summed E-state index contributed by atoms with van der Waals surface area (Å²) in [7, 11) is 0. The first kappa shape index (κ1) is 22.4. The standard InChI is InChI=1S/C24H39N3O4/c1-23(2,3)31-22(30)25-7-4-20(28)26-19-5-8-27(9-6-19)21(29)24-13-16-10-17(14-24)12-18(11-16)15-24/h16-19H,4-15H2,1-3H3,(H,25,30)(H,26,28). The van der Waals surface area contributed by atoms with Crippen LogP contribution in [0.5, 0.6) is 0 Å². The van der Waals surface area contributed by atoms with Crippen molar-refractivity contribution >= 4 is 17.9 Å². The highest BCUT2D eigenvalue weighted by Gasteiger charge is 2.55. The van der Waals surface area contributed by atoms with E-state index >= 15 is 0 Å². The summed E-state index contributed by atoms with van der Waals surface area (Å²) >= 11 is 0. The molecule has 5 rings (SSSR count). The van der Waals surface area contributed by atoms with E-state index in [1.165, 1.54) is 19.3 Å². The number of alkyl carbamates (subject to hydrolysis) is 1. The van der Waals surface area contributed by atoms with Gasteiger partial charge in [-0.05, 0) is 89.9 Å². The van der Waals surface area contributed by atoms with Crippen molar-refractivity contribution in [2.24, 2.45) is 23.2 Å². The van der Waals surface area contributed by atoms with E-state index in [0.29, 0.717) is 5.91 Å². The normalized spacial score (nSPS) is 32.6. The summed E-state index contributed by atoms with van der Waals surface area (Å²) in [6.07, 6.45) is 8.73. The number of carbonyl (C=O) groups excluding carboxylic acids is 3. The summed E-state index contributed by atoms with van der Waals surface area (Å²) in [6, 6.07) is 0.106. The van der Waals surface area contributed by atoms with Crippen molar-refractivity contribution in [3.05, 3.63) is 0 Å². The zero-order chi connectivity index (χ0) is 22.2. The molecule has 0 atom stereocenters. The Labute approximate surface area is 186 Å². The molecule has 174 valence electrons. The van der Waals surface area contributed by atoms with Crippen LogP contribution in [0.1, 0.15) is 78.6 Å². The number of amides is 3. The Morgan fingerprint density at radius 3 is 2.03 bits per heavy atom. The van der Waals surface area contributed by atoms with Crippen LogP contribution in [0.15, 0.2) is 0 Å². The summed E-state index contributed by atoms with van der Waals surface area (Å²) < 4.78 is 5.17. The van der Waals surface area contributed by atoms with Gasteiger partial charge < -0.3 is 20.3 Å². The van der Waals surface area contributed by atoms with Gasteiger partial charge in [-0.3, -0.25) is 9.59 Å². The van der Waals surface area contributed by atoms with Gasteiger partial charge in [0.15, 0.2) is 0 Å². The van der Waals surface area contributed by atoms with Crippen LogP contribution in [-0.4, -0.2) is 54.1 Å². The van der Waals surface area contributed by atoms with E-state index in [4.69, 9.17) is 4.74 Å². The third kappa shape index (κ3) is 5.35. The van der Waals surface area contributed by atoms with Crippen molar-refractivity contribution in [3.8, 4) is 0 Å². The Balaban J connectivity index is 1.18. The predicted molar refractivity (Wildman–Crippen MR) is 117 cm³/mol. The van der Waals surface area contributed by atoms with Gasteiger partial charge in [-0.25, -0.2) is 4.79 Å². The first-order valence-electron chi connectivity index (χ1n) is 12.2. The number of carbonyl (C=O) groups is 3. The van der Waals surface area contributed by atoms with Crippen LogP contribution in [0, 0.1) is 23.2 Å². The molecule has 31 heavy (non-hydrogen) atoms. The summed E-state index contributed by atoms with van der Waals surface area (Å²) in [5.41, 5.74) is -0.619. The highest BCUT2D eigenvalue weighted by Crippen LogP contribution is 2.60. The summed E-state index contributed by atoms with van der Waals surface area (Å²) in [4.78, 5) is 39.4. The minimum Gasteiger partial charge on any atom is -0.444 e. The molecule has 0 spiro atoms. The molecule has 4 aliphatic carbocycles. The predicted octanol–water partition coefficient (Wildman–Crippen LogP) is 3.22. The fourth-order valence-electron chi connectivity index (χ4n) is 6.83. The SMILES string of the molecule is CC(C)(C)OC(=O)NCCC(=O)NC1CCN(C(=O)C23CC4CC(CC(C4)C2)C3)CC1. The van der Waals surface area contributed by atoms with E-state index in [0.717, 1.165) is 62.9 Å². The molecule has 1 heterocycles. The highest BCUT2D eigenvalue weighted by molar-refractivity contribution is 5.83. The van der Waals surface area contributed by atoms with Crippen LogP contribution in [0.3, 0.4) is 0 Å². The first-order chi connectivity index (χ1) is 14.6. The third-order valence-electron chi connectivity index (χ3n) is 7.66. The van der Waals surface area contributed by atoms with Gasteiger partial charge >= 0.3 is 6.09 Å². The van der Waals surface area contributed by atoms with Crippen LogP contribution in [0.4, 0.5) is 4.79 Å². The quantitative estimate of drug-likeness (QED) is 0.697. The van der Waals surface area contributed by atoms with Crippen molar-refractivity contribution in [3.63, 3.8) is 0 Å². The molecule has 0 aromatic rings.